The molecule has 4 nitrogen and oxygen atoms in total. The largest absolute Gasteiger partial charge is 0.378 e. The highest BCUT2D eigenvalue weighted by Crippen LogP contribution is 2.20. The van der Waals surface area contributed by atoms with Crippen LogP contribution in [0.4, 0.5) is 5.82 Å². The molecule has 0 bridgehead atoms. The van der Waals surface area contributed by atoms with Crippen LogP contribution in [0.25, 0.3) is 0 Å². The third-order valence-electron chi connectivity index (χ3n) is 3.64. The number of anilines is 1. The van der Waals surface area contributed by atoms with Crippen molar-refractivity contribution in [2.75, 3.05) is 18.5 Å². The van der Waals surface area contributed by atoms with Crippen LogP contribution in [0.15, 0.2) is 6.20 Å². The third kappa shape index (κ3) is 4.46. The van der Waals surface area contributed by atoms with E-state index in [0.29, 0.717) is 6.10 Å². The number of aromatic nitrogens is 2. The third-order valence-corrected chi connectivity index (χ3v) is 3.64. The fraction of sp³-hybridized carbons (Fsp3) is 0.733. The van der Waals surface area contributed by atoms with Crippen molar-refractivity contribution in [3.63, 3.8) is 0 Å². The van der Waals surface area contributed by atoms with Gasteiger partial charge in [0.05, 0.1) is 6.10 Å². The lowest BCUT2D eigenvalue weighted by molar-refractivity contribution is 0.0583. The van der Waals surface area contributed by atoms with Crippen molar-refractivity contribution in [3.05, 3.63) is 17.6 Å². The van der Waals surface area contributed by atoms with Gasteiger partial charge in [0.1, 0.15) is 11.6 Å². The first-order valence-corrected chi connectivity index (χ1v) is 7.47. The quantitative estimate of drug-likeness (QED) is 0.768. The molecule has 1 aromatic rings. The minimum atomic E-state index is 0.521. The Labute approximate surface area is 116 Å². The molecular formula is C15H25N3O. The Morgan fingerprint density at radius 3 is 2.89 bits per heavy atom. The summed E-state index contributed by atoms with van der Waals surface area (Å²) in [5.74, 6) is 1.80. The highest BCUT2D eigenvalue weighted by Gasteiger charge is 2.14. The molecule has 1 aliphatic rings. The van der Waals surface area contributed by atoms with Crippen molar-refractivity contribution in [2.45, 2.75) is 58.5 Å². The fourth-order valence-corrected chi connectivity index (χ4v) is 2.49. The van der Waals surface area contributed by atoms with E-state index in [1.54, 1.807) is 0 Å². The van der Waals surface area contributed by atoms with Crippen LogP contribution < -0.4 is 5.32 Å². The summed E-state index contributed by atoms with van der Waals surface area (Å²) in [5.41, 5.74) is 1.18. The van der Waals surface area contributed by atoms with Gasteiger partial charge in [0.25, 0.3) is 0 Å². The Morgan fingerprint density at radius 2 is 2.16 bits per heavy atom. The Morgan fingerprint density at radius 1 is 1.37 bits per heavy atom. The van der Waals surface area contributed by atoms with Gasteiger partial charge in [-0.2, -0.15) is 0 Å². The summed E-state index contributed by atoms with van der Waals surface area (Å²) in [7, 11) is 0. The number of rotatable bonds is 7. The van der Waals surface area contributed by atoms with Gasteiger partial charge in [0.15, 0.2) is 0 Å². The molecule has 0 unspecified atom stereocenters. The summed E-state index contributed by atoms with van der Waals surface area (Å²) in [6.07, 6.45) is 9.60. The molecule has 4 heteroatoms. The standard InChI is InChI=1S/C15H25N3O/c1-3-13-11-17-12(2)18-15(13)16-9-6-10-19-14-7-4-5-8-14/h11,14H,3-10H2,1-2H3,(H,16,17,18). The van der Waals surface area contributed by atoms with Crippen LogP contribution in [-0.4, -0.2) is 29.2 Å². The molecule has 0 amide bonds. The van der Waals surface area contributed by atoms with E-state index in [9.17, 15) is 0 Å². The van der Waals surface area contributed by atoms with Crippen LogP contribution in [0.2, 0.25) is 0 Å². The Kier molecular flexibility index (Phi) is 5.58. The fourth-order valence-electron chi connectivity index (χ4n) is 2.49. The topological polar surface area (TPSA) is 47.0 Å². The van der Waals surface area contributed by atoms with Gasteiger partial charge < -0.3 is 10.1 Å². The van der Waals surface area contributed by atoms with Crippen LogP contribution in [0, 0.1) is 6.92 Å². The summed E-state index contributed by atoms with van der Waals surface area (Å²) in [4.78, 5) is 8.69. The van der Waals surface area contributed by atoms with Gasteiger partial charge in [-0.15, -0.1) is 0 Å². The van der Waals surface area contributed by atoms with E-state index in [-0.39, 0.29) is 0 Å². The maximum absolute atomic E-state index is 5.85. The number of nitrogens with zero attached hydrogens (tertiary/aromatic N) is 2. The Balaban J connectivity index is 1.68. The second kappa shape index (κ2) is 7.43. The van der Waals surface area contributed by atoms with Gasteiger partial charge >= 0.3 is 0 Å². The molecule has 1 heterocycles. The van der Waals surface area contributed by atoms with E-state index in [2.05, 4.69) is 22.2 Å². The summed E-state index contributed by atoms with van der Waals surface area (Å²) in [6.45, 7) is 5.82. The Bertz CT molecular complexity index is 389. The predicted octanol–water partition coefficient (Wildman–Crippen LogP) is 3.11. The zero-order valence-corrected chi connectivity index (χ0v) is 12.1. The Hall–Kier alpha value is -1.16. The molecule has 1 aromatic heterocycles. The second-order valence-electron chi connectivity index (χ2n) is 5.20. The summed E-state index contributed by atoms with van der Waals surface area (Å²) in [6, 6.07) is 0. The van der Waals surface area contributed by atoms with Crippen LogP contribution in [0.5, 0.6) is 0 Å². The van der Waals surface area contributed by atoms with Crippen LogP contribution in [0.3, 0.4) is 0 Å². The van der Waals surface area contributed by atoms with E-state index in [4.69, 9.17) is 4.74 Å². The molecule has 0 aliphatic heterocycles. The van der Waals surface area contributed by atoms with E-state index in [0.717, 1.165) is 37.6 Å². The number of ether oxygens (including phenoxy) is 1. The average molecular weight is 263 g/mol. The van der Waals surface area contributed by atoms with Crippen LogP contribution in [-0.2, 0) is 11.2 Å². The number of nitrogens with one attached hydrogen (secondary N) is 1. The molecule has 0 aromatic carbocycles. The lowest BCUT2D eigenvalue weighted by Gasteiger charge is -2.12. The van der Waals surface area contributed by atoms with E-state index < -0.39 is 0 Å². The molecular weight excluding hydrogens is 238 g/mol. The molecule has 1 fully saturated rings. The van der Waals surface area contributed by atoms with Gasteiger partial charge in [0.2, 0.25) is 0 Å². The summed E-state index contributed by atoms with van der Waals surface area (Å²) < 4.78 is 5.85. The van der Waals surface area contributed by atoms with Crippen molar-refractivity contribution >= 4 is 5.82 Å². The van der Waals surface area contributed by atoms with Gasteiger partial charge in [-0.1, -0.05) is 19.8 Å². The smallest absolute Gasteiger partial charge is 0.132 e. The van der Waals surface area contributed by atoms with E-state index in [1.165, 1.54) is 31.2 Å². The highest BCUT2D eigenvalue weighted by molar-refractivity contribution is 5.42. The van der Waals surface area contributed by atoms with Crippen LogP contribution >= 0.6 is 0 Å². The first kappa shape index (κ1) is 14.3. The molecule has 0 radical (unpaired) electrons. The predicted molar refractivity (Wildman–Crippen MR) is 77.5 cm³/mol. The molecule has 1 saturated carbocycles. The molecule has 0 atom stereocenters. The zero-order valence-electron chi connectivity index (χ0n) is 12.1. The van der Waals surface area contributed by atoms with Gasteiger partial charge in [-0.3, -0.25) is 0 Å². The van der Waals surface area contributed by atoms with Crippen LogP contribution in [0.1, 0.15) is 50.4 Å². The van der Waals surface area contributed by atoms with Crippen molar-refractivity contribution in [1.82, 2.24) is 9.97 Å². The molecule has 0 saturated heterocycles. The van der Waals surface area contributed by atoms with E-state index >= 15 is 0 Å². The van der Waals surface area contributed by atoms with Crippen molar-refractivity contribution < 1.29 is 4.74 Å². The second-order valence-corrected chi connectivity index (χ2v) is 5.20. The van der Waals surface area contributed by atoms with Gasteiger partial charge in [-0.25, -0.2) is 9.97 Å². The van der Waals surface area contributed by atoms with Gasteiger partial charge in [0, 0.05) is 24.9 Å². The molecule has 1 aliphatic carbocycles. The average Bonchev–Trinajstić information content (AvgIpc) is 2.92. The SMILES string of the molecule is CCc1cnc(C)nc1NCCCOC1CCCC1. The highest BCUT2D eigenvalue weighted by atomic mass is 16.5. The zero-order chi connectivity index (χ0) is 13.5. The lowest BCUT2D eigenvalue weighted by Crippen LogP contribution is -2.13. The maximum Gasteiger partial charge on any atom is 0.132 e. The molecule has 2 rings (SSSR count). The molecule has 0 spiro atoms. The monoisotopic (exact) mass is 263 g/mol. The molecule has 1 N–H and O–H groups in total. The first-order valence-electron chi connectivity index (χ1n) is 7.47. The summed E-state index contributed by atoms with van der Waals surface area (Å²) >= 11 is 0. The lowest BCUT2D eigenvalue weighted by atomic mass is 10.2. The molecule has 19 heavy (non-hydrogen) atoms. The number of hydrogen-bond donors (Lipinski definition) is 1. The minimum Gasteiger partial charge on any atom is -0.378 e. The first-order chi connectivity index (χ1) is 9.29. The van der Waals surface area contributed by atoms with Crippen molar-refractivity contribution in [2.24, 2.45) is 0 Å². The van der Waals surface area contributed by atoms with Gasteiger partial charge in [-0.05, 0) is 32.6 Å². The number of aryl methyl sites for hydroxylation is 2. The van der Waals surface area contributed by atoms with Crippen molar-refractivity contribution in [3.8, 4) is 0 Å². The molecule has 106 valence electrons. The minimum absolute atomic E-state index is 0.521. The normalized spacial score (nSPS) is 15.9. The van der Waals surface area contributed by atoms with Crippen molar-refractivity contribution in [1.29, 1.82) is 0 Å². The number of hydrogen-bond acceptors (Lipinski definition) is 4. The summed E-state index contributed by atoms with van der Waals surface area (Å²) in [5, 5.41) is 3.40. The maximum atomic E-state index is 5.85. The van der Waals surface area contributed by atoms with E-state index in [1.807, 2.05) is 13.1 Å².